The molecule has 4 heteroatoms. The predicted molar refractivity (Wildman–Crippen MR) is 98.5 cm³/mol. The van der Waals surface area contributed by atoms with Crippen molar-refractivity contribution >= 4 is 8.32 Å². The fourth-order valence-electron chi connectivity index (χ4n) is 2.97. The molecule has 0 aromatic heterocycles. The molecule has 0 aromatic rings. The molecule has 1 N–H and O–H groups in total. The molecule has 0 unspecified atom stereocenters. The normalized spacial score (nSPS) is 28.9. The van der Waals surface area contributed by atoms with Crippen LogP contribution in [-0.4, -0.2) is 25.6 Å². The smallest absolute Gasteiger partial charge is 0.191 e. The summed E-state index contributed by atoms with van der Waals surface area (Å²) in [5.41, 5.74) is 0.827. The van der Waals surface area contributed by atoms with Gasteiger partial charge in [0.1, 0.15) is 5.60 Å². The number of hydrogen-bond acceptors (Lipinski definition) is 3. The average Bonchev–Trinajstić information content (AvgIpc) is 2.39. The van der Waals surface area contributed by atoms with Crippen molar-refractivity contribution in [3.8, 4) is 6.07 Å². The SMILES string of the molecule is C=C(C)[C@@H]1CC=C(C)[C@@](O)(CC#N)[C@H]1CO[Si](C)(C)C(C)(C)C. The van der Waals surface area contributed by atoms with Crippen LogP contribution in [-0.2, 0) is 4.43 Å². The topological polar surface area (TPSA) is 53.2 Å². The number of allylic oxidation sites excluding steroid dienone is 2. The molecule has 0 fully saturated rings. The van der Waals surface area contributed by atoms with Crippen LogP contribution in [0.5, 0.6) is 0 Å². The maximum absolute atomic E-state index is 11.2. The van der Waals surface area contributed by atoms with Crippen molar-refractivity contribution in [1.29, 1.82) is 5.26 Å². The minimum atomic E-state index is -1.90. The Morgan fingerprint density at radius 2 is 2.09 bits per heavy atom. The molecule has 1 aliphatic rings. The van der Waals surface area contributed by atoms with Crippen LogP contribution >= 0.6 is 0 Å². The molecule has 130 valence electrons. The van der Waals surface area contributed by atoms with E-state index in [0.29, 0.717) is 6.61 Å². The summed E-state index contributed by atoms with van der Waals surface area (Å²) >= 11 is 0. The van der Waals surface area contributed by atoms with Crippen LogP contribution in [0.4, 0.5) is 0 Å². The van der Waals surface area contributed by atoms with E-state index >= 15 is 0 Å². The molecule has 0 saturated carbocycles. The Bertz CT molecular complexity index is 524. The standard InChI is InChI=1S/C19H33NO2Si/c1-14(2)16-10-9-15(3)19(21,11-12-20)17(16)13-22-23(7,8)18(4,5)6/h9,16-17,21H,1,10-11,13H2,2-8H3/t16-,17-,19-/m0/s1. The van der Waals surface area contributed by atoms with E-state index in [1.165, 1.54) is 0 Å². The van der Waals surface area contributed by atoms with Gasteiger partial charge in [-0.15, -0.1) is 0 Å². The minimum absolute atomic E-state index is 0.102. The number of hydrogen-bond donors (Lipinski definition) is 1. The summed E-state index contributed by atoms with van der Waals surface area (Å²) in [5.74, 6) is 0.0422. The highest BCUT2D eigenvalue weighted by atomic mass is 28.4. The minimum Gasteiger partial charge on any atom is -0.416 e. The van der Waals surface area contributed by atoms with Crippen molar-refractivity contribution in [3.63, 3.8) is 0 Å². The van der Waals surface area contributed by atoms with Crippen molar-refractivity contribution in [2.45, 2.75) is 71.2 Å². The molecule has 0 aliphatic heterocycles. The van der Waals surface area contributed by atoms with Gasteiger partial charge < -0.3 is 9.53 Å². The lowest BCUT2D eigenvalue weighted by Gasteiger charge is -2.46. The maximum atomic E-state index is 11.2. The number of nitriles is 1. The number of aliphatic hydroxyl groups is 1. The summed E-state index contributed by atoms with van der Waals surface area (Å²) in [6.45, 7) is 19.6. The lowest BCUT2D eigenvalue weighted by Crippen LogP contribution is -2.51. The summed E-state index contributed by atoms with van der Waals surface area (Å²) in [4.78, 5) is 0. The van der Waals surface area contributed by atoms with Gasteiger partial charge in [-0.05, 0) is 49.9 Å². The summed E-state index contributed by atoms with van der Waals surface area (Å²) in [6, 6.07) is 2.16. The van der Waals surface area contributed by atoms with E-state index in [0.717, 1.165) is 17.6 Å². The highest BCUT2D eigenvalue weighted by molar-refractivity contribution is 6.74. The van der Waals surface area contributed by atoms with Gasteiger partial charge >= 0.3 is 0 Å². The lowest BCUT2D eigenvalue weighted by atomic mass is 9.66. The largest absolute Gasteiger partial charge is 0.416 e. The quantitative estimate of drug-likeness (QED) is 0.579. The Morgan fingerprint density at radius 1 is 1.52 bits per heavy atom. The first kappa shape index (κ1) is 20.2. The number of nitrogens with zero attached hydrogens (tertiary/aromatic N) is 1. The first-order valence-corrected chi connectivity index (χ1v) is 11.3. The van der Waals surface area contributed by atoms with Gasteiger partial charge in [0, 0.05) is 12.5 Å². The third-order valence-electron chi connectivity index (χ3n) is 5.87. The van der Waals surface area contributed by atoms with Crippen molar-refractivity contribution in [1.82, 2.24) is 0 Å². The summed E-state index contributed by atoms with van der Waals surface area (Å²) in [6.07, 6.45) is 3.02. The van der Waals surface area contributed by atoms with Gasteiger partial charge in [-0.1, -0.05) is 39.0 Å². The van der Waals surface area contributed by atoms with E-state index < -0.39 is 13.9 Å². The van der Waals surface area contributed by atoms with E-state index in [9.17, 15) is 10.4 Å². The fraction of sp³-hybridized carbons (Fsp3) is 0.737. The van der Waals surface area contributed by atoms with Crippen LogP contribution in [0.15, 0.2) is 23.8 Å². The molecule has 0 heterocycles. The summed E-state index contributed by atoms with van der Waals surface area (Å²) in [5, 5.41) is 20.6. The van der Waals surface area contributed by atoms with Crippen LogP contribution in [0, 0.1) is 23.2 Å². The zero-order valence-electron chi connectivity index (χ0n) is 15.9. The van der Waals surface area contributed by atoms with E-state index in [2.05, 4.69) is 52.6 Å². The van der Waals surface area contributed by atoms with Crippen LogP contribution < -0.4 is 0 Å². The zero-order chi connectivity index (χ0) is 18.1. The molecule has 1 aliphatic carbocycles. The molecule has 0 amide bonds. The van der Waals surface area contributed by atoms with E-state index in [-0.39, 0.29) is 23.3 Å². The maximum Gasteiger partial charge on any atom is 0.191 e. The lowest BCUT2D eigenvalue weighted by molar-refractivity contribution is -0.0298. The molecule has 0 spiro atoms. The van der Waals surface area contributed by atoms with Crippen molar-refractivity contribution in [2.75, 3.05) is 6.61 Å². The molecule has 23 heavy (non-hydrogen) atoms. The Kier molecular flexibility index (Phi) is 6.07. The Hall–Kier alpha value is -0.893. The Balaban J connectivity index is 3.12. The van der Waals surface area contributed by atoms with E-state index in [1.54, 1.807) is 0 Å². The van der Waals surface area contributed by atoms with Gasteiger partial charge in [0.25, 0.3) is 0 Å². The second-order valence-electron chi connectivity index (χ2n) is 8.51. The van der Waals surface area contributed by atoms with E-state index in [4.69, 9.17) is 4.43 Å². The van der Waals surface area contributed by atoms with Crippen molar-refractivity contribution in [3.05, 3.63) is 23.8 Å². The Morgan fingerprint density at radius 3 is 2.52 bits per heavy atom. The van der Waals surface area contributed by atoms with Crippen molar-refractivity contribution in [2.24, 2.45) is 11.8 Å². The van der Waals surface area contributed by atoms with Crippen LogP contribution in [0.3, 0.4) is 0 Å². The molecule has 3 atom stereocenters. The van der Waals surface area contributed by atoms with Crippen LogP contribution in [0.1, 0.15) is 47.5 Å². The molecular formula is C19H33NO2Si. The summed E-state index contributed by atoms with van der Waals surface area (Å²) < 4.78 is 6.41. The molecule has 3 nitrogen and oxygen atoms in total. The fourth-order valence-corrected chi connectivity index (χ4v) is 4.00. The first-order chi connectivity index (χ1) is 10.4. The second-order valence-corrected chi connectivity index (χ2v) is 13.3. The second kappa shape index (κ2) is 6.92. The zero-order valence-corrected chi connectivity index (χ0v) is 16.9. The average molecular weight is 336 g/mol. The van der Waals surface area contributed by atoms with E-state index in [1.807, 2.05) is 13.8 Å². The van der Waals surface area contributed by atoms with Crippen molar-refractivity contribution < 1.29 is 9.53 Å². The van der Waals surface area contributed by atoms with Gasteiger partial charge in [-0.3, -0.25) is 0 Å². The Labute approximate surface area is 143 Å². The third kappa shape index (κ3) is 4.15. The highest BCUT2D eigenvalue weighted by Crippen LogP contribution is 2.45. The predicted octanol–water partition coefficient (Wildman–Crippen LogP) is 4.81. The molecule has 1 rings (SSSR count). The molecule has 0 radical (unpaired) electrons. The van der Waals surface area contributed by atoms with Crippen LogP contribution in [0.25, 0.3) is 0 Å². The van der Waals surface area contributed by atoms with Gasteiger partial charge in [-0.2, -0.15) is 5.26 Å². The molecule has 0 aromatic carbocycles. The molecule has 0 bridgehead atoms. The summed E-state index contributed by atoms with van der Waals surface area (Å²) in [7, 11) is -1.90. The van der Waals surface area contributed by atoms with Crippen LogP contribution in [0.2, 0.25) is 18.1 Å². The molecule has 0 saturated heterocycles. The highest BCUT2D eigenvalue weighted by Gasteiger charge is 2.47. The number of rotatable bonds is 5. The van der Waals surface area contributed by atoms with Gasteiger partial charge in [0.15, 0.2) is 8.32 Å². The third-order valence-corrected chi connectivity index (χ3v) is 10.4. The van der Waals surface area contributed by atoms with Gasteiger partial charge in [0.05, 0.1) is 12.5 Å². The van der Waals surface area contributed by atoms with Gasteiger partial charge in [-0.25, -0.2) is 0 Å². The first-order valence-electron chi connectivity index (χ1n) is 8.42. The van der Waals surface area contributed by atoms with Gasteiger partial charge in [0.2, 0.25) is 0 Å². The monoisotopic (exact) mass is 335 g/mol. The molecular weight excluding hydrogens is 302 g/mol.